The van der Waals surface area contributed by atoms with Gasteiger partial charge in [-0.15, -0.1) is 0 Å². The van der Waals surface area contributed by atoms with Crippen molar-refractivity contribution in [2.45, 2.75) is 26.3 Å². The Labute approximate surface area is 92.6 Å². The number of nitrogens with two attached hydrogens (primary N) is 1. The molecule has 0 aromatic heterocycles. The van der Waals surface area contributed by atoms with Gasteiger partial charge >= 0.3 is 0 Å². The Balaban J connectivity index is 2.99. The molecule has 0 spiro atoms. The Morgan fingerprint density at radius 2 is 2.14 bits per heavy atom. The first kappa shape index (κ1) is 11.7. The average molecular weight is 260 g/mol. The summed E-state index contributed by atoms with van der Waals surface area (Å²) in [4.78, 5) is 0. The molecular weight excluding hydrogens is 245 g/mol. The van der Waals surface area contributed by atoms with Gasteiger partial charge in [-0.3, -0.25) is 0 Å². The first-order valence-corrected chi connectivity index (χ1v) is 5.56. The predicted octanol–water partition coefficient (Wildman–Crippen LogP) is 3.63. The highest BCUT2D eigenvalue weighted by Crippen LogP contribution is 2.26. The van der Waals surface area contributed by atoms with Crippen molar-refractivity contribution in [3.05, 3.63) is 34.1 Å². The molecular formula is C11H15BrFN. The molecule has 0 radical (unpaired) electrons. The number of benzene rings is 1. The minimum Gasteiger partial charge on any atom is -0.324 e. The first-order valence-electron chi connectivity index (χ1n) is 4.76. The number of hydrogen-bond donors (Lipinski definition) is 1. The van der Waals surface area contributed by atoms with E-state index in [4.69, 9.17) is 5.73 Å². The van der Waals surface area contributed by atoms with Crippen LogP contribution in [-0.2, 0) is 0 Å². The molecule has 0 amide bonds. The third-order valence-corrected chi connectivity index (χ3v) is 3.07. The molecule has 0 aliphatic carbocycles. The third kappa shape index (κ3) is 2.55. The molecule has 0 fully saturated rings. The number of rotatable bonds is 3. The molecule has 0 bridgehead atoms. The second kappa shape index (κ2) is 4.89. The highest BCUT2D eigenvalue weighted by atomic mass is 79.9. The largest absolute Gasteiger partial charge is 0.324 e. The van der Waals surface area contributed by atoms with Crippen molar-refractivity contribution < 1.29 is 4.39 Å². The van der Waals surface area contributed by atoms with Gasteiger partial charge in [-0.2, -0.15) is 0 Å². The molecule has 1 aromatic rings. The van der Waals surface area contributed by atoms with E-state index in [1.807, 2.05) is 6.92 Å². The predicted molar refractivity (Wildman–Crippen MR) is 60.5 cm³/mol. The van der Waals surface area contributed by atoms with Crippen molar-refractivity contribution in [2.75, 3.05) is 0 Å². The summed E-state index contributed by atoms with van der Waals surface area (Å²) in [5, 5.41) is 0. The Morgan fingerprint density at radius 3 is 2.71 bits per heavy atom. The van der Waals surface area contributed by atoms with Gasteiger partial charge < -0.3 is 5.73 Å². The minimum absolute atomic E-state index is 0.221. The second-order valence-electron chi connectivity index (χ2n) is 3.58. The van der Waals surface area contributed by atoms with Crippen LogP contribution in [0.25, 0.3) is 0 Å². The monoisotopic (exact) mass is 259 g/mol. The number of hydrogen-bond acceptors (Lipinski definition) is 1. The van der Waals surface area contributed by atoms with Crippen LogP contribution in [0.2, 0.25) is 0 Å². The third-order valence-electron chi connectivity index (χ3n) is 2.57. The van der Waals surface area contributed by atoms with E-state index in [1.54, 1.807) is 12.1 Å². The molecule has 0 saturated heterocycles. The summed E-state index contributed by atoms with van der Waals surface area (Å²) in [6, 6.07) is 4.66. The van der Waals surface area contributed by atoms with Crippen molar-refractivity contribution in [1.82, 2.24) is 0 Å². The van der Waals surface area contributed by atoms with Crippen LogP contribution in [0.15, 0.2) is 22.7 Å². The molecule has 2 N–H and O–H groups in total. The lowest BCUT2D eigenvalue weighted by Gasteiger charge is -2.19. The van der Waals surface area contributed by atoms with Crippen LogP contribution in [-0.4, -0.2) is 0 Å². The normalized spacial score (nSPS) is 15.2. The lowest BCUT2D eigenvalue weighted by atomic mass is 9.93. The highest BCUT2D eigenvalue weighted by molar-refractivity contribution is 9.10. The van der Waals surface area contributed by atoms with Crippen LogP contribution in [0.1, 0.15) is 31.9 Å². The van der Waals surface area contributed by atoms with Gasteiger partial charge in [0.1, 0.15) is 5.82 Å². The molecule has 0 aliphatic rings. The summed E-state index contributed by atoms with van der Waals surface area (Å²) in [6.07, 6.45) is 0.952. The maximum absolute atomic E-state index is 13.4. The second-order valence-corrected chi connectivity index (χ2v) is 4.49. The minimum atomic E-state index is -0.225. The van der Waals surface area contributed by atoms with Crippen molar-refractivity contribution >= 4 is 15.9 Å². The zero-order valence-corrected chi connectivity index (χ0v) is 10.0. The van der Waals surface area contributed by atoms with Crippen molar-refractivity contribution in [1.29, 1.82) is 0 Å². The lowest BCUT2D eigenvalue weighted by molar-refractivity contribution is 0.439. The molecule has 0 saturated carbocycles. The van der Waals surface area contributed by atoms with Gasteiger partial charge in [-0.05, 0) is 24.1 Å². The van der Waals surface area contributed by atoms with Crippen LogP contribution in [0.3, 0.4) is 0 Å². The molecule has 1 aromatic carbocycles. The van der Waals surface area contributed by atoms with Gasteiger partial charge in [-0.25, -0.2) is 4.39 Å². The van der Waals surface area contributed by atoms with E-state index < -0.39 is 0 Å². The van der Waals surface area contributed by atoms with E-state index in [0.717, 1.165) is 10.9 Å². The summed E-state index contributed by atoms with van der Waals surface area (Å²) < 4.78 is 14.3. The van der Waals surface area contributed by atoms with Gasteiger partial charge in [-0.1, -0.05) is 36.2 Å². The quantitative estimate of drug-likeness (QED) is 0.882. The average Bonchev–Trinajstić information content (AvgIpc) is 2.19. The van der Waals surface area contributed by atoms with Gasteiger partial charge in [0, 0.05) is 16.1 Å². The lowest BCUT2D eigenvalue weighted by Crippen LogP contribution is -2.19. The van der Waals surface area contributed by atoms with E-state index in [0.29, 0.717) is 11.5 Å². The van der Waals surface area contributed by atoms with Crippen molar-refractivity contribution in [3.63, 3.8) is 0 Å². The zero-order chi connectivity index (χ0) is 10.7. The first-order chi connectivity index (χ1) is 6.56. The Morgan fingerprint density at radius 1 is 1.50 bits per heavy atom. The molecule has 0 heterocycles. The zero-order valence-electron chi connectivity index (χ0n) is 8.43. The number of halogens is 2. The highest BCUT2D eigenvalue weighted by Gasteiger charge is 2.16. The van der Waals surface area contributed by atoms with Crippen LogP contribution < -0.4 is 5.73 Å². The van der Waals surface area contributed by atoms with Crippen molar-refractivity contribution in [2.24, 2.45) is 11.7 Å². The van der Waals surface area contributed by atoms with E-state index in [9.17, 15) is 4.39 Å². The van der Waals surface area contributed by atoms with E-state index in [-0.39, 0.29) is 11.9 Å². The van der Waals surface area contributed by atoms with Crippen LogP contribution in [0.4, 0.5) is 4.39 Å². The summed E-state index contributed by atoms with van der Waals surface area (Å²) in [5.41, 5.74) is 6.55. The molecule has 3 heteroatoms. The van der Waals surface area contributed by atoms with E-state index in [2.05, 4.69) is 22.9 Å². The van der Waals surface area contributed by atoms with Gasteiger partial charge in [0.05, 0.1) is 0 Å². The van der Waals surface area contributed by atoms with Gasteiger partial charge in [0.2, 0.25) is 0 Å². The topological polar surface area (TPSA) is 26.0 Å². The molecule has 0 aliphatic heterocycles. The Kier molecular flexibility index (Phi) is 4.08. The molecule has 14 heavy (non-hydrogen) atoms. The Hall–Kier alpha value is -0.410. The molecule has 78 valence electrons. The molecule has 2 atom stereocenters. The van der Waals surface area contributed by atoms with Crippen LogP contribution in [0.5, 0.6) is 0 Å². The molecule has 1 nitrogen and oxygen atoms in total. The van der Waals surface area contributed by atoms with E-state index in [1.165, 1.54) is 6.07 Å². The maximum Gasteiger partial charge on any atom is 0.128 e. The maximum atomic E-state index is 13.4. The summed E-state index contributed by atoms with van der Waals surface area (Å²) in [6.45, 7) is 4.09. The summed E-state index contributed by atoms with van der Waals surface area (Å²) >= 11 is 3.31. The summed E-state index contributed by atoms with van der Waals surface area (Å²) in [7, 11) is 0. The van der Waals surface area contributed by atoms with Crippen LogP contribution in [0, 0.1) is 11.7 Å². The van der Waals surface area contributed by atoms with Crippen LogP contribution >= 0.6 is 15.9 Å². The standard InChI is InChI=1S/C11H15BrFN/c1-3-7(2)11(14)9-6-8(12)4-5-10(9)13/h4-7,11H,3,14H2,1-2H3. The fraction of sp³-hybridized carbons (Fsp3) is 0.455. The summed E-state index contributed by atoms with van der Waals surface area (Å²) in [5.74, 6) is 0.0693. The van der Waals surface area contributed by atoms with E-state index >= 15 is 0 Å². The van der Waals surface area contributed by atoms with Gasteiger partial charge in [0.25, 0.3) is 0 Å². The SMILES string of the molecule is CCC(C)C(N)c1cc(Br)ccc1F. The van der Waals surface area contributed by atoms with Crippen molar-refractivity contribution in [3.8, 4) is 0 Å². The molecule has 1 rings (SSSR count). The molecule has 2 unspecified atom stereocenters. The van der Waals surface area contributed by atoms with Gasteiger partial charge in [0.15, 0.2) is 0 Å². The fourth-order valence-electron chi connectivity index (χ4n) is 1.33. The Bertz CT molecular complexity index is 314. The fourth-order valence-corrected chi connectivity index (χ4v) is 1.71. The smallest absolute Gasteiger partial charge is 0.128 e.